The highest BCUT2D eigenvalue weighted by Crippen LogP contribution is 2.22. The van der Waals surface area contributed by atoms with E-state index in [2.05, 4.69) is 10.6 Å². The van der Waals surface area contributed by atoms with Crippen LogP contribution in [-0.2, 0) is 0 Å². The summed E-state index contributed by atoms with van der Waals surface area (Å²) in [6.07, 6.45) is 0. The molecule has 2 aromatic carbocycles. The highest BCUT2D eigenvalue weighted by atomic mass is 16.6. The highest BCUT2D eigenvalue weighted by molar-refractivity contribution is 5.91. The Morgan fingerprint density at radius 2 is 1.86 bits per heavy atom. The number of ether oxygens (including phenoxy) is 1. The number of amides is 2. The summed E-state index contributed by atoms with van der Waals surface area (Å²) in [6, 6.07) is 12.7. The molecule has 0 fully saturated rings. The van der Waals surface area contributed by atoms with Gasteiger partial charge in [0.15, 0.2) is 6.73 Å². The molecule has 0 aliphatic heterocycles. The summed E-state index contributed by atoms with van der Waals surface area (Å²) < 4.78 is 5.34. The number of rotatable bonds is 5. The Kier molecular flexibility index (Phi) is 4.92. The molecule has 2 rings (SSSR count). The topological polar surface area (TPSA) is 93.5 Å². The van der Waals surface area contributed by atoms with Gasteiger partial charge in [-0.05, 0) is 25.1 Å². The fourth-order valence-corrected chi connectivity index (χ4v) is 1.72. The normalized spacial score (nSPS) is 9.86. The molecule has 2 amide bonds. The zero-order valence-corrected chi connectivity index (χ0v) is 11.9. The van der Waals surface area contributed by atoms with E-state index >= 15 is 0 Å². The number of anilines is 1. The molecule has 0 aliphatic carbocycles. The van der Waals surface area contributed by atoms with Crippen molar-refractivity contribution in [2.24, 2.45) is 0 Å². The minimum absolute atomic E-state index is 0.0461. The average Bonchev–Trinajstić information content (AvgIpc) is 2.49. The Balaban J connectivity index is 1.86. The number of carbonyl (C=O) groups is 1. The van der Waals surface area contributed by atoms with Gasteiger partial charge in [-0.15, -0.1) is 0 Å². The largest absolute Gasteiger partial charge is 0.473 e. The Hall–Kier alpha value is -3.09. The minimum Gasteiger partial charge on any atom is -0.473 e. The number of hydrogen-bond donors (Lipinski definition) is 2. The summed E-state index contributed by atoms with van der Waals surface area (Å²) in [5.74, 6) is 0.622. The van der Waals surface area contributed by atoms with E-state index in [1.165, 1.54) is 18.2 Å². The second-order valence-corrected chi connectivity index (χ2v) is 4.51. The van der Waals surface area contributed by atoms with Crippen molar-refractivity contribution in [1.29, 1.82) is 0 Å². The van der Waals surface area contributed by atoms with Crippen LogP contribution in [0.15, 0.2) is 48.5 Å². The lowest BCUT2D eigenvalue weighted by atomic mass is 10.2. The van der Waals surface area contributed by atoms with E-state index in [0.717, 1.165) is 5.56 Å². The van der Waals surface area contributed by atoms with Crippen LogP contribution in [-0.4, -0.2) is 17.7 Å². The standard InChI is InChI=1S/C15H15N3O4/c1-11-6-8-12(9-7-11)22-10-16-15(19)17-13-4-2-3-5-14(13)18(20)21/h2-9H,10H2,1H3,(H2,16,17,19). The third kappa shape index (κ3) is 4.20. The summed E-state index contributed by atoms with van der Waals surface area (Å²) >= 11 is 0. The van der Waals surface area contributed by atoms with E-state index in [4.69, 9.17) is 4.74 Å². The molecule has 7 heteroatoms. The molecular formula is C15H15N3O4. The zero-order valence-electron chi connectivity index (χ0n) is 11.9. The fourth-order valence-electron chi connectivity index (χ4n) is 1.72. The van der Waals surface area contributed by atoms with Gasteiger partial charge in [-0.25, -0.2) is 4.79 Å². The molecule has 0 heterocycles. The van der Waals surface area contributed by atoms with Crippen molar-refractivity contribution in [2.75, 3.05) is 12.0 Å². The van der Waals surface area contributed by atoms with Crippen molar-refractivity contribution >= 4 is 17.4 Å². The number of para-hydroxylation sites is 2. The summed E-state index contributed by atoms with van der Waals surface area (Å²) in [7, 11) is 0. The highest BCUT2D eigenvalue weighted by Gasteiger charge is 2.14. The molecule has 2 N–H and O–H groups in total. The number of nitrogens with zero attached hydrogens (tertiary/aromatic N) is 1. The van der Waals surface area contributed by atoms with Crippen molar-refractivity contribution in [2.45, 2.75) is 6.92 Å². The number of hydrogen-bond acceptors (Lipinski definition) is 4. The number of nitrogens with one attached hydrogen (secondary N) is 2. The van der Waals surface area contributed by atoms with Gasteiger partial charge in [0, 0.05) is 6.07 Å². The molecule has 0 spiro atoms. The average molecular weight is 301 g/mol. The van der Waals surface area contributed by atoms with Crippen molar-refractivity contribution in [1.82, 2.24) is 5.32 Å². The van der Waals surface area contributed by atoms with Gasteiger partial charge in [-0.2, -0.15) is 0 Å². The van der Waals surface area contributed by atoms with E-state index in [-0.39, 0.29) is 18.1 Å². The molecule has 2 aromatic rings. The molecular weight excluding hydrogens is 286 g/mol. The summed E-state index contributed by atoms with van der Waals surface area (Å²) in [6.45, 7) is 1.91. The SMILES string of the molecule is Cc1ccc(OCNC(=O)Nc2ccccc2[N+](=O)[O-])cc1. The zero-order chi connectivity index (χ0) is 15.9. The van der Waals surface area contributed by atoms with E-state index in [1.807, 2.05) is 19.1 Å². The minimum atomic E-state index is -0.582. The third-order valence-electron chi connectivity index (χ3n) is 2.84. The van der Waals surface area contributed by atoms with Gasteiger partial charge in [0.05, 0.1) is 4.92 Å². The number of urea groups is 1. The van der Waals surface area contributed by atoms with Gasteiger partial charge in [-0.3, -0.25) is 10.1 Å². The Morgan fingerprint density at radius 1 is 1.18 bits per heavy atom. The maximum absolute atomic E-state index is 11.7. The van der Waals surface area contributed by atoms with Crippen LogP contribution in [0.25, 0.3) is 0 Å². The number of nitro benzene ring substituents is 1. The van der Waals surface area contributed by atoms with Crippen LogP contribution in [0.2, 0.25) is 0 Å². The van der Waals surface area contributed by atoms with Gasteiger partial charge in [0.2, 0.25) is 0 Å². The van der Waals surface area contributed by atoms with E-state index in [0.29, 0.717) is 5.75 Å². The number of benzene rings is 2. The van der Waals surface area contributed by atoms with Gasteiger partial charge in [0.1, 0.15) is 11.4 Å². The summed E-state index contributed by atoms with van der Waals surface area (Å²) in [5, 5.41) is 15.7. The van der Waals surface area contributed by atoms with Crippen LogP contribution in [0.5, 0.6) is 5.75 Å². The molecule has 114 valence electrons. The van der Waals surface area contributed by atoms with Gasteiger partial charge < -0.3 is 15.4 Å². The Bertz CT molecular complexity index is 671. The van der Waals surface area contributed by atoms with Gasteiger partial charge in [0.25, 0.3) is 5.69 Å². The van der Waals surface area contributed by atoms with Gasteiger partial charge in [-0.1, -0.05) is 29.8 Å². The smallest absolute Gasteiger partial charge is 0.322 e. The Labute approximate surface area is 127 Å². The first kappa shape index (κ1) is 15.3. The molecule has 0 aliphatic rings. The van der Waals surface area contributed by atoms with E-state index in [1.54, 1.807) is 18.2 Å². The molecule has 0 saturated heterocycles. The lowest BCUT2D eigenvalue weighted by molar-refractivity contribution is -0.383. The number of aryl methyl sites for hydroxylation is 1. The summed E-state index contributed by atoms with van der Waals surface area (Å²) in [5.41, 5.74) is 1.06. The number of carbonyl (C=O) groups excluding carboxylic acids is 1. The predicted octanol–water partition coefficient (Wildman–Crippen LogP) is 3.06. The quantitative estimate of drug-likeness (QED) is 0.504. The van der Waals surface area contributed by atoms with Crippen LogP contribution in [0, 0.1) is 17.0 Å². The van der Waals surface area contributed by atoms with E-state index < -0.39 is 11.0 Å². The van der Waals surface area contributed by atoms with Crippen molar-refractivity contribution < 1.29 is 14.5 Å². The van der Waals surface area contributed by atoms with Crippen LogP contribution in [0.4, 0.5) is 16.2 Å². The van der Waals surface area contributed by atoms with Crippen molar-refractivity contribution in [3.05, 3.63) is 64.2 Å². The lowest BCUT2D eigenvalue weighted by Gasteiger charge is -2.09. The van der Waals surface area contributed by atoms with Crippen molar-refractivity contribution in [3.63, 3.8) is 0 Å². The first-order valence-electron chi connectivity index (χ1n) is 6.54. The predicted molar refractivity (Wildman–Crippen MR) is 81.9 cm³/mol. The van der Waals surface area contributed by atoms with Crippen molar-refractivity contribution in [3.8, 4) is 5.75 Å². The molecule has 0 atom stereocenters. The maximum Gasteiger partial charge on any atom is 0.322 e. The fraction of sp³-hybridized carbons (Fsp3) is 0.133. The lowest BCUT2D eigenvalue weighted by Crippen LogP contribution is -2.32. The first-order chi connectivity index (χ1) is 10.6. The molecule has 22 heavy (non-hydrogen) atoms. The summed E-state index contributed by atoms with van der Waals surface area (Å²) in [4.78, 5) is 22.0. The maximum atomic E-state index is 11.7. The molecule has 0 aromatic heterocycles. The molecule has 0 unspecified atom stereocenters. The van der Waals surface area contributed by atoms with Crippen LogP contribution in [0.3, 0.4) is 0 Å². The molecule has 0 saturated carbocycles. The second-order valence-electron chi connectivity index (χ2n) is 4.51. The van der Waals surface area contributed by atoms with Crippen LogP contribution < -0.4 is 15.4 Å². The van der Waals surface area contributed by atoms with Gasteiger partial charge >= 0.3 is 6.03 Å². The number of nitro groups is 1. The molecule has 7 nitrogen and oxygen atoms in total. The first-order valence-corrected chi connectivity index (χ1v) is 6.54. The molecule has 0 radical (unpaired) electrons. The monoisotopic (exact) mass is 301 g/mol. The van der Waals surface area contributed by atoms with E-state index in [9.17, 15) is 14.9 Å². The second kappa shape index (κ2) is 7.07. The Morgan fingerprint density at radius 3 is 2.55 bits per heavy atom. The third-order valence-corrected chi connectivity index (χ3v) is 2.84. The van der Waals surface area contributed by atoms with Crippen LogP contribution >= 0.6 is 0 Å². The van der Waals surface area contributed by atoms with Crippen LogP contribution in [0.1, 0.15) is 5.56 Å². The molecule has 0 bridgehead atoms.